The van der Waals surface area contributed by atoms with Gasteiger partial charge in [-0.3, -0.25) is 19.7 Å². The predicted molar refractivity (Wildman–Crippen MR) is 119 cm³/mol. The van der Waals surface area contributed by atoms with Gasteiger partial charge in [-0.2, -0.15) is 4.72 Å². The van der Waals surface area contributed by atoms with Gasteiger partial charge in [0, 0.05) is 12.6 Å². The van der Waals surface area contributed by atoms with Gasteiger partial charge in [-0.25, -0.2) is 8.42 Å². The maximum absolute atomic E-state index is 12.4. The van der Waals surface area contributed by atoms with E-state index in [1.165, 1.54) is 19.1 Å². The van der Waals surface area contributed by atoms with Crippen molar-refractivity contribution in [3.8, 4) is 0 Å². The van der Waals surface area contributed by atoms with Crippen molar-refractivity contribution in [3.63, 3.8) is 0 Å². The van der Waals surface area contributed by atoms with Crippen LogP contribution in [0.2, 0.25) is 0 Å². The fourth-order valence-corrected chi connectivity index (χ4v) is 4.08. The second kappa shape index (κ2) is 11.1. The van der Waals surface area contributed by atoms with Crippen molar-refractivity contribution in [3.05, 3.63) is 63.7 Å². The topological polar surface area (TPSA) is 145 Å². The first-order valence-corrected chi connectivity index (χ1v) is 12.1. The second-order valence-electron chi connectivity index (χ2n) is 6.75. The molecule has 0 saturated carbocycles. The summed E-state index contributed by atoms with van der Waals surface area (Å²) < 4.78 is 31.8. The average Bonchev–Trinajstić information content (AvgIpc) is 2.76. The Hall–Kier alpha value is -2.96. The van der Waals surface area contributed by atoms with Crippen LogP contribution in [0, 0.1) is 17.0 Å². The molecule has 0 aromatic heterocycles. The number of aryl methyl sites for hydroxylation is 1. The van der Waals surface area contributed by atoms with Crippen LogP contribution in [0.25, 0.3) is 0 Å². The van der Waals surface area contributed by atoms with E-state index in [0.29, 0.717) is 4.90 Å². The average molecular weight is 482 g/mol. The highest BCUT2D eigenvalue weighted by Gasteiger charge is 2.23. The summed E-state index contributed by atoms with van der Waals surface area (Å²) in [6, 6.07) is 11.0. The number of carbonyl (C=O) groups is 2. The summed E-state index contributed by atoms with van der Waals surface area (Å²) >= 11 is 1.10. The first-order valence-electron chi connectivity index (χ1n) is 9.38. The normalized spacial score (nSPS) is 12.1. The molecular weight excluding hydrogens is 458 g/mol. The van der Waals surface area contributed by atoms with E-state index in [1.807, 2.05) is 35.9 Å². The van der Waals surface area contributed by atoms with E-state index in [9.17, 15) is 28.1 Å². The molecule has 2 rings (SSSR count). The quantitative estimate of drug-likeness (QED) is 0.227. The molecule has 1 atom stereocenters. The first-order chi connectivity index (χ1) is 15.0. The first kappa shape index (κ1) is 25.3. The van der Waals surface area contributed by atoms with Crippen molar-refractivity contribution in [2.45, 2.75) is 36.3 Å². The molecule has 0 aliphatic rings. The van der Waals surface area contributed by atoms with Crippen LogP contribution >= 0.6 is 11.8 Å². The van der Waals surface area contributed by atoms with E-state index in [0.717, 1.165) is 29.0 Å². The van der Waals surface area contributed by atoms with Crippen LogP contribution in [-0.4, -0.2) is 44.1 Å². The molecule has 1 unspecified atom stereocenters. The minimum atomic E-state index is -4.21. The van der Waals surface area contributed by atoms with Gasteiger partial charge in [0.2, 0.25) is 10.0 Å². The summed E-state index contributed by atoms with van der Waals surface area (Å²) in [7, 11) is -4.21. The van der Waals surface area contributed by atoms with Crippen LogP contribution in [-0.2, 0) is 30.9 Å². The Morgan fingerprint density at radius 2 is 1.84 bits per heavy atom. The molecule has 0 aliphatic carbocycles. The van der Waals surface area contributed by atoms with Crippen LogP contribution in [0.5, 0.6) is 0 Å². The lowest BCUT2D eigenvalue weighted by molar-refractivity contribution is -0.388. The van der Waals surface area contributed by atoms with E-state index >= 15 is 0 Å². The van der Waals surface area contributed by atoms with E-state index in [-0.39, 0.29) is 17.1 Å². The molecule has 2 aromatic rings. The molecule has 0 bridgehead atoms. The molecule has 172 valence electrons. The molecular formula is C20H23N3O7S2. The largest absolute Gasteiger partial charge is 0.452 e. The molecule has 0 saturated heterocycles. The highest BCUT2D eigenvalue weighted by molar-refractivity contribution is 7.98. The third kappa shape index (κ3) is 7.04. The van der Waals surface area contributed by atoms with Gasteiger partial charge in [-0.05, 0) is 37.8 Å². The van der Waals surface area contributed by atoms with Gasteiger partial charge in [0.15, 0.2) is 6.10 Å². The lowest BCUT2D eigenvalue weighted by Crippen LogP contribution is -2.38. The number of esters is 1. The molecule has 2 N–H and O–H groups in total. The summed E-state index contributed by atoms with van der Waals surface area (Å²) in [6.45, 7) is 2.81. The molecule has 0 radical (unpaired) electrons. The Labute approximate surface area is 189 Å². The monoisotopic (exact) mass is 481 g/mol. The number of carbonyl (C=O) groups excluding carboxylic acids is 2. The highest BCUT2D eigenvalue weighted by Crippen LogP contribution is 2.29. The number of thioether (sulfide) groups is 1. The predicted octanol–water partition coefficient (Wildman–Crippen LogP) is 2.15. The Kier molecular flexibility index (Phi) is 8.75. The molecule has 0 fully saturated rings. The standard InChI is InChI=1S/C20H23N3O7S2/c1-13-4-6-15(7-5-13)11-21-20(25)14(2)30-19(24)12-22-32(28,29)16-8-9-18(31-3)17(10-16)23(26)27/h4-10,14,22H,11-12H2,1-3H3,(H,21,25). The highest BCUT2D eigenvalue weighted by atomic mass is 32.2. The fourth-order valence-electron chi connectivity index (χ4n) is 2.55. The van der Waals surface area contributed by atoms with Crippen LogP contribution in [0.15, 0.2) is 52.3 Å². The summed E-state index contributed by atoms with van der Waals surface area (Å²) in [5, 5.41) is 13.8. The van der Waals surface area contributed by atoms with E-state index in [1.54, 1.807) is 6.26 Å². The number of nitro benzene ring substituents is 1. The third-order valence-corrected chi connectivity index (χ3v) is 6.51. The van der Waals surface area contributed by atoms with Crippen molar-refractivity contribution >= 4 is 39.3 Å². The van der Waals surface area contributed by atoms with Gasteiger partial charge in [-0.15, -0.1) is 11.8 Å². The Morgan fingerprint density at radius 3 is 2.44 bits per heavy atom. The number of nitrogens with zero attached hydrogens (tertiary/aromatic N) is 1. The number of hydrogen-bond donors (Lipinski definition) is 2. The van der Waals surface area contributed by atoms with Crippen molar-refractivity contribution in [2.24, 2.45) is 0 Å². The van der Waals surface area contributed by atoms with Crippen LogP contribution in [0.4, 0.5) is 5.69 Å². The zero-order valence-corrected chi connectivity index (χ0v) is 19.3. The number of nitrogens with one attached hydrogen (secondary N) is 2. The number of benzene rings is 2. The van der Waals surface area contributed by atoms with Gasteiger partial charge in [0.25, 0.3) is 11.6 Å². The van der Waals surface area contributed by atoms with Gasteiger partial charge >= 0.3 is 5.97 Å². The lowest BCUT2D eigenvalue weighted by Gasteiger charge is -2.14. The fraction of sp³-hybridized carbons (Fsp3) is 0.300. The van der Waals surface area contributed by atoms with E-state index in [4.69, 9.17) is 4.74 Å². The SMILES string of the molecule is CSc1ccc(S(=O)(=O)NCC(=O)OC(C)C(=O)NCc2ccc(C)cc2)cc1[N+](=O)[O-]. The number of hydrogen-bond acceptors (Lipinski definition) is 8. The molecule has 0 heterocycles. The molecule has 0 spiro atoms. The molecule has 10 nitrogen and oxygen atoms in total. The van der Waals surface area contributed by atoms with Crippen LogP contribution in [0.1, 0.15) is 18.1 Å². The van der Waals surface area contributed by atoms with Crippen molar-refractivity contribution in [1.29, 1.82) is 0 Å². The van der Waals surface area contributed by atoms with Crippen LogP contribution in [0.3, 0.4) is 0 Å². The van der Waals surface area contributed by atoms with Gasteiger partial charge < -0.3 is 10.1 Å². The minimum absolute atomic E-state index is 0.248. The summed E-state index contributed by atoms with van der Waals surface area (Å²) in [5.74, 6) is -1.51. The molecule has 32 heavy (non-hydrogen) atoms. The van der Waals surface area contributed by atoms with Gasteiger partial charge in [0.1, 0.15) is 6.54 Å². The number of amides is 1. The van der Waals surface area contributed by atoms with Crippen molar-refractivity contribution in [1.82, 2.24) is 10.0 Å². The van der Waals surface area contributed by atoms with Crippen LogP contribution < -0.4 is 10.0 Å². The Bertz CT molecular complexity index is 1100. The Balaban J connectivity index is 1.90. The van der Waals surface area contributed by atoms with Gasteiger partial charge in [0.05, 0.1) is 14.7 Å². The maximum atomic E-state index is 12.4. The summed E-state index contributed by atoms with van der Waals surface area (Å²) in [5.41, 5.74) is 1.60. The number of rotatable bonds is 10. The van der Waals surface area contributed by atoms with Crippen molar-refractivity contribution in [2.75, 3.05) is 12.8 Å². The number of ether oxygens (including phenoxy) is 1. The zero-order chi connectivity index (χ0) is 23.9. The summed E-state index contributed by atoms with van der Waals surface area (Å²) in [6.07, 6.45) is 0.488. The third-order valence-electron chi connectivity index (χ3n) is 4.33. The maximum Gasteiger partial charge on any atom is 0.321 e. The van der Waals surface area contributed by atoms with Crippen molar-refractivity contribution < 1.29 is 27.7 Å². The number of sulfonamides is 1. The van der Waals surface area contributed by atoms with Gasteiger partial charge in [-0.1, -0.05) is 29.8 Å². The zero-order valence-electron chi connectivity index (χ0n) is 17.7. The molecule has 0 aliphatic heterocycles. The lowest BCUT2D eigenvalue weighted by atomic mass is 10.1. The number of nitro groups is 1. The van der Waals surface area contributed by atoms with E-state index in [2.05, 4.69) is 5.32 Å². The Morgan fingerprint density at radius 1 is 1.19 bits per heavy atom. The van der Waals surface area contributed by atoms with E-state index < -0.39 is 39.5 Å². The smallest absolute Gasteiger partial charge is 0.321 e. The molecule has 1 amide bonds. The molecule has 2 aromatic carbocycles. The molecule has 12 heteroatoms. The minimum Gasteiger partial charge on any atom is -0.452 e. The summed E-state index contributed by atoms with van der Waals surface area (Å²) in [4.78, 5) is 34.5. The second-order valence-corrected chi connectivity index (χ2v) is 9.37.